The van der Waals surface area contributed by atoms with Crippen molar-refractivity contribution in [2.45, 2.75) is 18.1 Å². The maximum atomic E-state index is 5.78. The Bertz CT molecular complexity index is 332. The van der Waals surface area contributed by atoms with E-state index in [2.05, 4.69) is 22.9 Å². The van der Waals surface area contributed by atoms with E-state index in [9.17, 15) is 0 Å². The van der Waals surface area contributed by atoms with Crippen LogP contribution in [0.1, 0.15) is 12.6 Å². The molecule has 1 unspecified atom stereocenters. The van der Waals surface area contributed by atoms with Crippen LogP contribution in [0.4, 0.5) is 5.82 Å². The zero-order valence-electron chi connectivity index (χ0n) is 8.82. The van der Waals surface area contributed by atoms with Gasteiger partial charge in [-0.1, -0.05) is 13.0 Å². The summed E-state index contributed by atoms with van der Waals surface area (Å²) in [5.74, 6) is 2.75. The molecule has 82 valence electrons. The molecule has 0 bridgehead atoms. The molecule has 1 fully saturated rings. The molecule has 1 atom stereocenters. The fraction of sp³-hybridized carbons (Fsp3) is 0.545. The van der Waals surface area contributed by atoms with E-state index >= 15 is 0 Å². The van der Waals surface area contributed by atoms with E-state index in [4.69, 9.17) is 11.6 Å². The van der Waals surface area contributed by atoms with Crippen molar-refractivity contribution >= 4 is 29.2 Å². The van der Waals surface area contributed by atoms with E-state index in [0.717, 1.165) is 24.6 Å². The predicted octanol–water partition coefficient (Wildman–Crippen LogP) is 2.76. The summed E-state index contributed by atoms with van der Waals surface area (Å²) >= 11 is 7.81. The zero-order chi connectivity index (χ0) is 10.7. The van der Waals surface area contributed by atoms with E-state index in [-0.39, 0.29) is 0 Å². The number of hydrogen-bond acceptors (Lipinski definition) is 3. The maximum absolute atomic E-state index is 5.78. The highest BCUT2D eigenvalue weighted by Gasteiger charge is 2.17. The van der Waals surface area contributed by atoms with Crippen LogP contribution in [-0.4, -0.2) is 29.1 Å². The molecular formula is C11H15ClN2S. The minimum absolute atomic E-state index is 0.492. The number of alkyl halides is 1. The van der Waals surface area contributed by atoms with Crippen LogP contribution in [0.15, 0.2) is 18.2 Å². The van der Waals surface area contributed by atoms with Crippen molar-refractivity contribution in [3.8, 4) is 0 Å². The molecule has 0 saturated carbocycles. The third-order valence-electron chi connectivity index (χ3n) is 2.49. The molecule has 0 aromatic carbocycles. The molecule has 2 nitrogen and oxygen atoms in total. The SMILES string of the molecule is CC1CN(c2cccc(CCl)n2)CCS1. The summed E-state index contributed by atoms with van der Waals surface area (Å²) in [5.41, 5.74) is 0.958. The van der Waals surface area contributed by atoms with Gasteiger partial charge in [0.2, 0.25) is 0 Å². The number of anilines is 1. The van der Waals surface area contributed by atoms with Crippen LogP contribution in [0.3, 0.4) is 0 Å². The number of rotatable bonds is 2. The lowest BCUT2D eigenvalue weighted by Gasteiger charge is -2.31. The van der Waals surface area contributed by atoms with E-state index in [1.54, 1.807) is 0 Å². The highest BCUT2D eigenvalue weighted by Crippen LogP contribution is 2.22. The largest absolute Gasteiger partial charge is 0.355 e. The van der Waals surface area contributed by atoms with E-state index in [1.165, 1.54) is 5.75 Å². The van der Waals surface area contributed by atoms with Gasteiger partial charge in [-0.05, 0) is 12.1 Å². The summed E-state index contributed by atoms with van der Waals surface area (Å²) in [6, 6.07) is 6.07. The molecule has 0 amide bonds. The Morgan fingerprint density at radius 2 is 2.47 bits per heavy atom. The molecule has 0 N–H and O–H groups in total. The van der Waals surface area contributed by atoms with E-state index in [1.807, 2.05) is 23.9 Å². The maximum Gasteiger partial charge on any atom is 0.128 e. The topological polar surface area (TPSA) is 16.1 Å². The third-order valence-corrected chi connectivity index (χ3v) is 3.90. The number of pyridine rings is 1. The van der Waals surface area contributed by atoms with Crippen molar-refractivity contribution in [1.29, 1.82) is 0 Å². The third kappa shape index (κ3) is 2.79. The summed E-state index contributed by atoms with van der Waals surface area (Å²) in [6.45, 7) is 4.44. The van der Waals surface area contributed by atoms with Gasteiger partial charge in [0.15, 0.2) is 0 Å². The smallest absolute Gasteiger partial charge is 0.128 e. The lowest BCUT2D eigenvalue weighted by atomic mass is 10.3. The Labute approximate surface area is 100 Å². The summed E-state index contributed by atoms with van der Waals surface area (Å²) in [6.07, 6.45) is 0. The Balaban J connectivity index is 2.13. The highest BCUT2D eigenvalue weighted by atomic mass is 35.5. The van der Waals surface area contributed by atoms with Crippen molar-refractivity contribution in [2.75, 3.05) is 23.7 Å². The minimum atomic E-state index is 0.492. The van der Waals surface area contributed by atoms with Crippen molar-refractivity contribution in [3.05, 3.63) is 23.9 Å². The second-order valence-electron chi connectivity index (χ2n) is 3.75. The lowest BCUT2D eigenvalue weighted by Crippen LogP contribution is -2.37. The van der Waals surface area contributed by atoms with Crippen LogP contribution < -0.4 is 4.90 Å². The molecule has 0 radical (unpaired) electrons. The molecular weight excluding hydrogens is 228 g/mol. The Hall–Kier alpha value is -0.410. The van der Waals surface area contributed by atoms with Crippen LogP contribution in [0.5, 0.6) is 0 Å². The van der Waals surface area contributed by atoms with Crippen LogP contribution in [0.25, 0.3) is 0 Å². The molecule has 4 heteroatoms. The molecule has 1 aliphatic rings. The number of nitrogens with zero attached hydrogens (tertiary/aromatic N) is 2. The number of hydrogen-bond donors (Lipinski definition) is 0. The summed E-state index contributed by atoms with van der Waals surface area (Å²) in [4.78, 5) is 6.88. The fourth-order valence-corrected chi connectivity index (χ4v) is 2.91. The average molecular weight is 243 g/mol. The number of halogens is 1. The molecule has 1 saturated heterocycles. The zero-order valence-corrected chi connectivity index (χ0v) is 10.4. The minimum Gasteiger partial charge on any atom is -0.355 e. The van der Waals surface area contributed by atoms with Gasteiger partial charge in [-0.3, -0.25) is 0 Å². The standard InChI is InChI=1S/C11H15ClN2S/c1-9-8-14(5-6-15-9)11-4-2-3-10(7-12)13-11/h2-4,9H,5-8H2,1H3. The predicted molar refractivity (Wildman–Crippen MR) is 67.9 cm³/mol. The first kappa shape index (κ1) is 11.1. The normalized spacial score (nSPS) is 21.7. The molecule has 1 aromatic heterocycles. The first-order chi connectivity index (χ1) is 7.29. The van der Waals surface area contributed by atoms with Gasteiger partial charge >= 0.3 is 0 Å². The van der Waals surface area contributed by atoms with Gasteiger partial charge in [0, 0.05) is 24.1 Å². The molecule has 2 heterocycles. The number of aromatic nitrogens is 1. The van der Waals surface area contributed by atoms with E-state index in [0.29, 0.717) is 11.1 Å². The second kappa shape index (κ2) is 5.08. The summed E-state index contributed by atoms with van der Waals surface area (Å²) in [7, 11) is 0. The molecule has 1 aliphatic heterocycles. The van der Waals surface area contributed by atoms with Crippen molar-refractivity contribution < 1.29 is 0 Å². The molecule has 0 aliphatic carbocycles. The molecule has 2 rings (SSSR count). The van der Waals surface area contributed by atoms with Gasteiger partial charge in [0.25, 0.3) is 0 Å². The van der Waals surface area contributed by atoms with Crippen molar-refractivity contribution in [2.24, 2.45) is 0 Å². The average Bonchev–Trinajstić information content (AvgIpc) is 2.29. The van der Waals surface area contributed by atoms with Gasteiger partial charge in [0.1, 0.15) is 5.82 Å². The first-order valence-corrected chi connectivity index (χ1v) is 6.76. The van der Waals surface area contributed by atoms with Crippen molar-refractivity contribution in [1.82, 2.24) is 4.98 Å². The Morgan fingerprint density at radius 1 is 1.60 bits per heavy atom. The van der Waals surface area contributed by atoms with E-state index < -0.39 is 0 Å². The number of thioether (sulfide) groups is 1. The molecule has 1 aromatic rings. The van der Waals surface area contributed by atoms with Gasteiger partial charge in [0.05, 0.1) is 11.6 Å². The monoisotopic (exact) mass is 242 g/mol. The van der Waals surface area contributed by atoms with Crippen LogP contribution in [0, 0.1) is 0 Å². The Kier molecular flexibility index (Phi) is 3.76. The first-order valence-electron chi connectivity index (χ1n) is 5.18. The van der Waals surface area contributed by atoms with Gasteiger partial charge in [-0.2, -0.15) is 11.8 Å². The molecule has 0 spiro atoms. The van der Waals surface area contributed by atoms with Crippen LogP contribution >= 0.6 is 23.4 Å². The van der Waals surface area contributed by atoms with Crippen LogP contribution in [0.2, 0.25) is 0 Å². The Morgan fingerprint density at radius 3 is 3.20 bits per heavy atom. The lowest BCUT2D eigenvalue weighted by molar-refractivity contribution is 0.768. The van der Waals surface area contributed by atoms with Crippen LogP contribution in [-0.2, 0) is 5.88 Å². The van der Waals surface area contributed by atoms with Gasteiger partial charge < -0.3 is 4.90 Å². The van der Waals surface area contributed by atoms with Gasteiger partial charge in [-0.25, -0.2) is 4.98 Å². The summed E-state index contributed by atoms with van der Waals surface area (Å²) < 4.78 is 0. The van der Waals surface area contributed by atoms with Crippen molar-refractivity contribution in [3.63, 3.8) is 0 Å². The second-order valence-corrected chi connectivity index (χ2v) is 5.56. The fourth-order valence-electron chi connectivity index (χ4n) is 1.74. The highest BCUT2D eigenvalue weighted by molar-refractivity contribution is 8.00. The molecule has 15 heavy (non-hydrogen) atoms. The van der Waals surface area contributed by atoms with Gasteiger partial charge in [-0.15, -0.1) is 11.6 Å². The summed E-state index contributed by atoms with van der Waals surface area (Å²) in [5, 5.41) is 0.695. The quantitative estimate of drug-likeness (QED) is 0.742.